The molecule has 0 spiro atoms. The zero-order valence-corrected chi connectivity index (χ0v) is 13.8. The second-order valence-corrected chi connectivity index (χ2v) is 5.74. The van der Waals surface area contributed by atoms with Crippen LogP contribution in [-0.4, -0.2) is 21.1 Å². The average Bonchev–Trinajstić information content (AvgIpc) is 3.01. The quantitative estimate of drug-likeness (QED) is 0.739. The van der Waals surface area contributed by atoms with Crippen molar-refractivity contribution >= 4 is 11.6 Å². The highest BCUT2D eigenvalue weighted by Gasteiger charge is 2.29. The van der Waals surface area contributed by atoms with E-state index in [1.165, 1.54) is 12.1 Å². The van der Waals surface area contributed by atoms with Crippen molar-refractivity contribution in [3.8, 4) is 11.4 Å². The summed E-state index contributed by atoms with van der Waals surface area (Å²) in [7, 11) is 0. The lowest BCUT2D eigenvalue weighted by molar-refractivity contribution is -0.137. The molecule has 8 heteroatoms. The Balaban J connectivity index is 1.61. The molecule has 3 rings (SSSR count). The summed E-state index contributed by atoms with van der Waals surface area (Å²) in [6.45, 7) is 1.80. The third kappa shape index (κ3) is 4.27. The topological polar surface area (TPSA) is 70.7 Å². The summed E-state index contributed by atoms with van der Waals surface area (Å²) < 4.78 is 37.6. The normalized spacial score (nSPS) is 11.4. The van der Waals surface area contributed by atoms with E-state index < -0.39 is 11.7 Å². The molecule has 3 aromatic rings. The van der Waals surface area contributed by atoms with Crippen LogP contribution in [0.4, 0.5) is 18.9 Å². The van der Waals surface area contributed by atoms with Gasteiger partial charge in [0.15, 0.2) is 5.82 Å². The predicted molar refractivity (Wildman–Crippen MR) is 90.3 cm³/mol. The van der Waals surface area contributed by atoms with Gasteiger partial charge in [0.25, 0.3) is 0 Å². The van der Waals surface area contributed by atoms with Crippen LogP contribution in [-0.2, 0) is 17.4 Å². The minimum Gasteiger partial charge on any atom is -0.326 e. The van der Waals surface area contributed by atoms with Crippen LogP contribution in [0.25, 0.3) is 11.4 Å². The zero-order chi connectivity index (χ0) is 18.7. The van der Waals surface area contributed by atoms with E-state index in [-0.39, 0.29) is 12.3 Å². The van der Waals surface area contributed by atoms with Crippen molar-refractivity contribution in [2.24, 2.45) is 0 Å². The van der Waals surface area contributed by atoms with E-state index >= 15 is 0 Å². The smallest absolute Gasteiger partial charge is 0.326 e. The first-order chi connectivity index (χ1) is 12.3. The van der Waals surface area contributed by atoms with Crippen LogP contribution in [0.15, 0.2) is 48.5 Å². The summed E-state index contributed by atoms with van der Waals surface area (Å²) in [6, 6.07) is 11.5. The fourth-order valence-electron chi connectivity index (χ4n) is 2.38. The summed E-state index contributed by atoms with van der Waals surface area (Å²) in [4.78, 5) is 16.3. The summed E-state index contributed by atoms with van der Waals surface area (Å²) in [5, 5.41) is 9.52. The molecule has 5 nitrogen and oxygen atoms in total. The first kappa shape index (κ1) is 17.7. The Morgan fingerprint density at radius 2 is 1.73 bits per heavy atom. The van der Waals surface area contributed by atoms with E-state index in [0.29, 0.717) is 22.9 Å². The van der Waals surface area contributed by atoms with E-state index in [9.17, 15) is 18.0 Å². The number of hydrogen-bond donors (Lipinski definition) is 2. The predicted octanol–water partition coefficient (Wildman–Crippen LogP) is 3.98. The highest BCUT2D eigenvalue weighted by molar-refractivity contribution is 5.92. The van der Waals surface area contributed by atoms with Gasteiger partial charge in [0, 0.05) is 11.3 Å². The molecule has 0 bridgehead atoms. The van der Waals surface area contributed by atoms with Gasteiger partial charge in [-0.25, -0.2) is 4.98 Å². The maximum Gasteiger partial charge on any atom is 0.416 e. The lowest BCUT2D eigenvalue weighted by Gasteiger charge is -2.08. The Morgan fingerprint density at radius 1 is 1.08 bits per heavy atom. The van der Waals surface area contributed by atoms with Crippen LogP contribution in [0.2, 0.25) is 0 Å². The minimum atomic E-state index is -4.38. The largest absolute Gasteiger partial charge is 0.416 e. The molecule has 2 N–H and O–H groups in total. The number of nitrogens with one attached hydrogen (secondary N) is 2. The van der Waals surface area contributed by atoms with Crippen LogP contribution in [0.5, 0.6) is 0 Å². The Bertz CT molecular complexity index is 899. The molecule has 2 aromatic carbocycles. The molecular weight excluding hydrogens is 345 g/mol. The number of halogens is 3. The SMILES string of the molecule is Cc1nc(-c2ccc(NC(=O)Cc3ccc(C(F)(F)F)cc3)cc2)n[nH]1. The van der Waals surface area contributed by atoms with Crippen molar-refractivity contribution in [2.75, 3.05) is 5.32 Å². The van der Waals surface area contributed by atoms with Crippen LogP contribution >= 0.6 is 0 Å². The first-order valence-corrected chi connectivity index (χ1v) is 7.77. The molecule has 0 aliphatic rings. The third-order valence-electron chi connectivity index (χ3n) is 3.67. The number of benzene rings is 2. The van der Waals surface area contributed by atoms with Crippen molar-refractivity contribution in [3.63, 3.8) is 0 Å². The molecule has 0 saturated carbocycles. The van der Waals surface area contributed by atoms with Gasteiger partial charge >= 0.3 is 6.18 Å². The highest BCUT2D eigenvalue weighted by Crippen LogP contribution is 2.29. The van der Waals surface area contributed by atoms with Gasteiger partial charge in [0.05, 0.1) is 12.0 Å². The van der Waals surface area contributed by atoms with Crippen LogP contribution < -0.4 is 5.32 Å². The molecule has 0 aliphatic heterocycles. The van der Waals surface area contributed by atoms with Gasteiger partial charge in [-0.05, 0) is 48.9 Å². The van der Waals surface area contributed by atoms with Crippen LogP contribution in [0, 0.1) is 6.92 Å². The average molecular weight is 360 g/mol. The van der Waals surface area contributed by atoms with Gasteiger partial charge in [-0.2, -0.15) is 18.3 Å². The fraction of sp³-hybridized carbons (Fsp3) is 0.167. The van der Waals surface area contributed by atoms with Gasteiger partial charge in [-0.1, -0.05) is 12.1 Å². The van der Waals surface area contributed by atoms with E-state index in [0.717, 1.165) is 17.7 Å². The molecular formula is C18H15F3N4O. The lowest BCUT2D eigenvalue weighted by atomic mass is 10.1. The van der Waals surface area contributed by atoms with E-state index in [2.05, 4.69) is 20.5 Å². The maximum atomic E-state index is 12.5. The standard InChI is InChI=1S/C18H15F3N4O/c1-11-22-17(25-24-11)13-4-8-15(9-5-13)23-16(26)10-12-2-6-14(7-3-12)18(19,20)21/h2-9H,10H2,1H3,(H,23,26)(H,22,24,25). The van der Waals surface area contributed by atoms with Crippen molar-refractivity contribution in [2.45, 2.75) is 19.5 Å². The Labute approximate surface area is 147 Å². The van der Waals surface area contributed by atoms with Gasteiger partial charge < -0.3 is 5.32 Å². The maximum absolute atomic E-state index is 12.5. The number of rotatable bonds is 4. The Kier molecular flexibility index (Phi) is 4.75. The zero-order valence-electron chi connectivity index (χ0n) is 13.8. The van der Waals surface area contributed by atoms with E-state index in [4.69, 9.17) is 0 Å². The van der Waals surface area contributed by atoms with Crippen molar-refractivity contribution < 1.29 is 18.0 Å². The summed E-state index contributed by atoms with van der Waals surface area (Å²) in [5.74, 6) is 0.949. The number of H-pyrrole nitrogens is 1. The summed E-state index contributed by atoms with van der Waals surface area (Å²) >= 11 is 0. The molecule has 0 aliphatic carbocycles. The summed E-state index contributed by atoms with van der Waals surface area (Å²) in [6.07, 6.45) is -4.40. The number of anilines is 1. The second kappa shape index (κ2) is 6.99. The van der Waals surface area contributed by atoms with Gasteiger partial charge in [-0.3, -0.25) is 9.89 Å². The number of nitrogens with zero attached hydrogens (tertiary/aromatic N) is 2. The number of aryl methyl sites for hydroxylation is 1. The van der Waals surface area contributed by atoms with Gasteiger partial charge in [0.2, 0.25) is 5.91 Å². The molecule has 0 saturated heterocycles. The Hall–Kier alpha value is -3.16. The number of aromatic amines is 1. The van der Waals surface area contributed by atoms with Crippen LogP contribution in [0.1, 0.15) is 17.0 Å². The van der Waals surface area contributed by atoms with Gasteiger partial charge in [-0.15, -0.1) is 0 Å². The van der Waals surface area contributed by atoms with Gasteiger partial charge in [0.1, 0.15) is 5.82 Å². The molecule has 0 fully saturated rings. The van der Waals surface area contributed by atoms with Crippen molar-refractivity contribution in [1.29, 1.82) is 0 Å². The fourth-order valence-corrected chi connectivity index (χ4v) is 2.38. The molecule has 0 atom stereocenters. The lowest BCUT2D eigenvalue weighted by Crippen LogP contribution is -2.14. The Morgan fingerprint density at radius 3 is 2.27 bits per heavy atom. The molecule has 1 aromatic heterocycles. The second-order valence-electron chi connectivity index (χ2n) is 5.74. The molecule has 134 valence electrons. The monoisotopic (exact) mass is 360 g/mol. The van der Waals surface area contributed by atoms with Crippen LogP contribution in [0.3, 0.4) is 0 Å². The molecule has 1 amide bonds. The minimum absolute atomic E-state index is 0.0139. The van der Waals surface area contributed by atoms with E-state index in [1.54, 1.807) is 31.2 Å². The molecule has 26 heavy (non-hydrogen) atoms. The van der Waals surface area contributed by atoms with E-state index in [1.807, 2.05) is 0 Å². The number of amides is 1. The number of aromatic nitrogens is 3. The van der Waals surface area contributed by atoms with Crippen molar-refractivity contribution in [1.82, 2.24) is 15.2 Å². The highest BCUT2D eigenvalue weighted by atomic mass is 19.4. The number of hydrogen-bond acceptors (Lipinski definition) is 3. The third-order valence-corrected chi connectivity index (χ3v) is 3.67. The number of carbonyl (C=O) groups is 1. The molecule has 0 radical (unpaired) electrons. The number of alkyl halides is 3. The first-order valence-electron chi connectivity index (χ1n) is 7.77. The molecule has 1 heterocycles. The molecule has 0 unspecified atom stereocenters. The summed E-state index contributed by atoms with van der Waals surface area (Å²) in [5.41, 5.74) is 1.15. The number of carbonyl (C=O) groups excluding carboxylic acids is 1. The van der Waals surface area contributed by atoms with Crippen molar-refractivity contribution in [3.05, 3.63) is 65.5 Å².